The minimum absolute atomic E-state index is 0.0778. The van der Waals surface area contributed by atoms with Gasteiger partial charge >= 0.3 is 11.9 Å². The highest BCUT2D eigenvalue weighted by atomic mass is 32.1. The van der Waals surface area contributed by atoms with Crippen LogP contribution >= 0.6 is 11.3 Å². The molecule has 0 saturated heterocycles. The van der Waals surface area contributed by atoms with Gasteiger partial charge in [0.05, 0.1) is 6.61 Å². The number of rotatable bonds is 5. The summed E-state index contributed by atoms with van der Waals surface area (Å²) in [5, 5.41) is 34.0. The highest BCUT2D eigenvalue weighted by molar-refractivity contribution is 7.19. The topological polar surface area (TPSA) is 128 Å². The molecule has 4 N–H and O–H groups in total. The predicted molar refractivity (Wildman–Crippen MR) is 141 cm³/mol. The Kier molecular flexibility index (Phi) is 8.01. The van der Waals surface area contributed by atoms with E-state index in [4.69, 9.17) is 25.2 Å². The first-order valence-electron chi connectivity index (χ1n) is 12.3. The fourth-order valence-electron chi connectivity index (χ4n) is 5.58. The third kappa shape index (κ3) is 5.15. The smallest absolute Gasteiger partial charge is 0.335 e. The average molecular weight is 528 g/mol. The van der Waals surface area contributed by atoms with Gasteiger partial charge in [-0.2, -0.15) is 0 Å². The first kappa shape index (κ1) is 27.2. The Morgan fingerprint density at radius 1 is 0.892 bits per heavy atom. The molecule has 1 saturated carbocycles. The minimum atomic E-state index is -2.27. The monoisotopic (exact) mass is 527 g/mol. The number of nitrogens with zero attached hydrogens (tertiary/aromatic N) is 1. The number of benzene rings is 2. The molecule has 1 spiro atoms. The van der Waals surface area contributed by atoms with Gasteiger partial charge in [-0.1, -0.05) is 48.5 Å². The molecule has 2 heterocycles. The quantitative estimate of drug-likeness (QED) is 0.397. The summed E-state index contributed by atoms with van der Waals surface area (Å²) in [7, 11) is 4.47. The molecule has 2 aliphatic rings. The number of aliphatic carboxylic acids is 2. The van der Waals surface area contributed by atoms with Crippen molar-refractivity contribution >= 4 is 33.4 Å². The van der Waals surface area contributed by atoms with Gasteiger partial charge in [0.2, 0.25) is 0 Å². The summed E-state index contributed by atoms with van der Waals surface area (Å²) in [6.07, 6.45) is 0.989. The zero-order valence-electron chi connectivity index (χ0n) is 21.0. The number of carbonyl (C=O) groups is 2. The SMILES string of the molecule is CN(C)C1(c2ccccc2)CCC2(CC1)OCCc1c2sc2ccccc12.O=C(O)C(O)C(O)C(=O)O. The number of aliphatic hydroxyl groups is 2. The summed E-state index contributed by atoms with van der Waals surface area (Å²) < 4.78 is 7.98. The lowest BCUT2D eigenvalue weighted by Crippen LogP contribution is -2.49. The molecular weight excluding hydrogens is 494 g/mol. The Morgan fingerprint density at radius 3 is 2.03 bits per heavy atom. The Hall–Kier alpha value is -2.82. The predicted octanol–water partition coefficient (Wildman–Crippen LogP) is 3.58. The van der Waals surface area contributed by atoms with E-state index in [2.05, 4.69) is 73.6 Å². The lowest BCUT2D eigenvalue weighted by atomic mass is 9.68. The van der Waals surface area contributed by atoms with Gasteiger partial charge in [-0.15, -0.1) is 11.3 Å². The number of carboxylic acids is 2. The van der Waals surface area contributed by atoms with Crippen molar-refractivity contribution in [2.24, 2.45) is 0 Å². The van der Waals surface area contributed by atoms with Crippen LogP contribution in [0.5, 0.6) is 0 Å². The van der Waals surface area contributed by atoms with E-state index in [1.165, 1.54) is 20.5 Å². The van der Waals surface area contributed by atoms with Gasteiger partial charge in [0, 0.05) is 15.1 Å². The molecule has 9 heteroatoms. The second kappa shape index (κ2) is 10.9. The van der Waals surface area contributed by atoms with Gasteiger partial charge in [-0.05, 0) is 68.8 Å². The van der Waals surface area contributed by atoms with Crippen molar-refractivity contribution in [2.45, 2.75) is 55.5 Å². The summed E-state index contributed by atoms with van der Waals surface area (Å²) in [4.78, 5) is 23.5. The molecule has 0 amide bonds. The Morgan fingerprint density at radius 2 is 1.46 bits per heavy atom. The van der Waals surface area contributed by atoms with Crippen molar-refractivity contribution < 1.29 is 34.8 Å². The molecule has 0 bridgehead atoms. The maximum absolute atomic E-state index is 9.77. The van der Waals surface area contributed by atoms with E-state index >= 15 is 0 Å². The molecule has 5 rings (SSSR count). The maximum atomic E-state index is 9.77. The van der Waals surface area contributed by atoms with E-state index in [1.807, 2.05) is 11.3 Å². The lowest BCUT2D eigenvalue weighted by Gasteiger charge is -2.50. The third-order valence-electron chi connectivity index (χ3n) is 7.70. The molecule has 1 fully saturated rings. The first-order chi connectivity index (χ1) is 17.6. The van der Waals surface area contributed by atoms with Crippen molar-refractivity contribution in [3.05, 3.63) is 70.6 Å². The van der Waals surface area contributed by atoms with Gasteiger partial charge in [-0.3, -0.25) is 4.90 Å². The number of thiophene rings is 1. The molecule has 37 heavy (non-hydrogen) atoms. The Balaban J connectivity index is 0.000000275. The minimum Gasteiger partial charge on any atom is -0.479 e. The van der Waals surface area contributed by atoms with Crippen LogP contribution in [-0.4, -0.2) is 70.2 Å². The maximum Gasteiger partial charge on any atom is 0.335 e. The second-order valence-corrected chi connectivity index (χ2v) is 10.9. The standard InChI is InChI=1S/C24H27NOS.C4H6O6/c1-25(2)23(18-8-4-3-5-9-18)13-15-24(16-14-23)22-20(12-17-26-24)19-10-6-7-11-21(19)27-22;5-1(3(7)8)2(6)4(9)10/h3-11H,12-17H2,1-2H3;1-2,5-6H,(H,7,8)(H,9,10). The fraction of sp³-hybridized carbons (Fsp3) is 0.429. The van der Waals surface area contributed by atoms with Gasteiger partial charge in [-0.25, -0.2) is 9.59 Å². The number of carboxylic acid groups (broad SMARTS) is 2. The number of ether oxygens (including phenoxy) is 1. The van der Waals surface area contributed by atoms with Gasteiger partial charge in [0.1, 0.15) is 5.60 Å². The number of aliphatic hydroxyl groups excluding tert-OH is 2. The van der Waals surface area contributed by atoms with E-state index in [9.17, 15) is 9.59 Å². The molecular formula is C28H33NO7S. The van der Waals surface area contributed by atoms with E-state index in [0.29, 0.717) is 0 Å². The van der Waals surface area contributed by atoms with Crippen LogP contribution < -0.4 is 0 Å². The highest BCUT2D eigenvalue weighted by Gasteiger charge is 2.49. The molecule has 2 unspecified atom stereocenters. The van der Waals surface area contributed by atoms with Crippen molar-refractivity contribution in [1.29, 1.82) is 0 Å². The van der Waals surface area contributed by atoms with Crippen LogP contribution in [0.15, 0.2) is 54.6 Å². The Bertz CT molecular complexity index is 1230. The van der Waals surface area contributed by atoms with E-state index in [-0.39, 0.29) is 11.1 Å². The van der Waals surface area contributed by atoms with E-state index in [0.717, 1.165) is 38.7 Å². The van der Waals surface area contributed by atoms with Gasteiger partial charge in [0.25, 0.3) is 0 Å². The molecule has 0 radical (unpaired) electrons. The zero-order chi connectivity index (χ0) is 26.8. The number of hydrogen-bond acceptors (Lipinski definition) is 7. The van der Waals surface area contributed by atoms with Crippen molar-refractivity contribution in [2.75, 3.05) is 20.7 Å². The van der Waals surface area contributed by atoms with Crippen molar-refractivity contribution in [1.82, 2.24) is 4.90 Å². The van der Waals surface area contributed by atoms with E-state index < -0.39 is 24.1 Å². The number of hydrogen-bond donors (Lipinski definition) is 4. The summed E-state index contributed by atoms with van der Waals surface area (Å²) in [6, 6.07) is 19.9. The third-order valence-corrected chi connectivity index (χ3v) is 9.10. The summed E-state index contributed by atoms with van der Waals surface area (Å²) in [5.41, 5.74) is 3.03. The second-order valence-electron chi connectivity index (χ2n) is 9.86. The van der Waals surface area contributed by atoms with Crippen LogP contribution in [0.1, 0.15) is 41.7 Å². The van der Waals surface area contributed by atoms with Crippen molar-refractivity contribution in [3.8, 4) is 0 Å². The van der Waals surface area contributed by atoms with Crippen LogP contribution in [0.2, 0.25) is 0 Å². The van der Waals surface area contributed by atoms with E-state index in [1.54, 1.807) is 5.56 Å². The first-order valence-corrected chi connectivity index (χ1v) is 13.1. The molecule has 1 aliphatic heterocycles. The average Bonchev–Trinajstić information content (AvgIpc) is 3.29. The highest BCUT2D eigenvalue weighted by Crippen LogP contribution is 2.54. The summed E-state index contributed by atoms with van der Waals surface area (Å²) >= 11 is 1.97. The molecule has 2 aromatic carbocycles. The van der Waals surface area contributed by atoms with Crippen LogP contribution in [0, 0.1) is 0 Å². The van der Waals surface area contributed by atoms with Crippen LogP contribution in [0.4, 0.5) is 0 Å². The molecule has 2 atom stereocenters. The molecule has 3 aromatic rings. The molecule has 1 aliphatic carbocycles. The largest absolute Gasteiger partial charge is 0.479 e. The van der Waals surface area contributed by atoms with Crippen LogP contribution in [-0.2, 0) is 31.9 Å². The molecule has 8 nitrogen and oxygen atoms in total. The summed E-state index contributed by atoms with van der Waals surface area (Å²) in [5.74, 6) is -3.54. The van der Waals surface area contributed by atoms with Crippen LogP contribution in [0.3, 0.4) is 0 Å². The fourth-order valence-corrected chi connectivity index (χ4v) is 7.03. The van der Waals surface area contributed by atoms with Crippen molar-refractivity contribution in [3.63, 3.8) is 0 Å². The Labute approximate surface area is 219 Å². The normalized spacial score (nSPS) is 24.7. The number of fused-ring (bicyclic) bond motifs is 4. The van der Waals surface area contributed by atoms with Gasteiger partial charge in [0.15, 0.2) is 12.2 Å². The zero-order valence-corrected chi connectivity index (χ0v) is 21.8. The lowest BCUT2D eigenvalue weighted by molar-refractivity contribution is -0.165. The molecule has 198 valence electrons. The summed E-state index contributed by atoms with van der Waals surface area (Å²) in [6.45, 7) is 0.855. The molecule has 1 aromatic heterocycles. The van der Waals surface area contributed by atoms with Gasteiger partial charge < -0.3 is 25.2 Å². The van der Waals surface area contributed by atoms with Crippen LogP contribution in [0.25, 0.3) is 10.1 Å².